The molecule has 7 nitrogen and oxygen atoms in total. The van der Waals surface area contributed by atoms with E-state index in [9.17, 15) is 9.59 Å². The highest BCUT2D eigenvalue weighted by atomic mass is 16.4. The molecule has 1 N–H and O–H groups in total. The van der Waals surface area contributed by atoms with Crippen molar-refractivity contribution >= 4 is 5.91 Å². The lowest BCUT2D eigenvalue weighted by atomic mass is 10.4. The van der Waals surface area contributed by atoms with Gasteiger partial charge in [0.2, 0.25) is 5.91 Å². The van der Waals surface area contributed by atoms with Crippen molar-refractivity contribution < 1.29 is 13.6 Å². The summed E-state index contributed by atoms with van der Waals surface area (Å²) >= 11 is 0. The highest BCUT2D eigenvalue weighted by Crippen LogP contribution is 2.27. The van der Waals surface area contributed by atoms with E-state index >= 15 is 0 Å². The Morgan fingerprint density at radius 1 is 1.53 bits per heavy atom. The summed E-state index contributed by atoms with van der Waals surface area (Å²) in [5.74, 6) is 0.108. The molecule has 1 aliphatic carbocycles. The molecule has 1 aliphatic rings. The molecule has 2 heterocycles. The molecule has 1 amide bonds. The second-order valence-corrected chi connectivity index (χ2v) is 4.56. The van der Waals surface area contributed by atoms with Gasteiger partial charge in [-0.25, -0.2) is 4.79 Å². The molecule has 0 aromatic carbocycles. The molecule has 1 saturated carbocycles. The highest BCUT2D eigenvalue weighted by molar-refractivity contribution is 5.75. The van der Waals surface area contributed by atoms with Crippen molar-refractivity contribution in [2.24, 2.45) is 5.92 Å². The molecular formula is C12H13N3O4. The van der Waals surface area contributed by atoms with E-state index in [-0.39, 0.29) is 18.3 Å². The van der Waals surface area contributed by atoms with Crippen molar-refractivity contribution in [3.8, 4) is 11.7 Å². The molecule has 7 heteroatoms. The average Bonchev–Trinajstić information content (AvgIpc) is 2.91. The minimum Gasteiger partial charge on any atom is -0.459 e. The van der Waals surface area contributed by atoms with E-state index < -0.39 is 5.76 Å². The first-order chi connectivity index (χ1) is 9.22. The van der Waals surface area contributed by atoms with Gasteiger partial charge in [0.1, 0.15) is 6.54 Å². The van der Waals surface area contributed by atoms with Crippen molar-refractivity contribution in [1.29, 1.82) is 0 Å². The number of furan rings is 1. The first-order valence-electron chi connectivity index (χ1n) is 6.11. The summed E-state index contributed by atoms with van der Waals surface area (Å²) < 4.78 is 11.0. The van der Waals surface area contributed by atoms with Gasteiger partial charge in [-0.05, 0) is 30.9 Å². The summed E-state index contributed by atoms with van der Waals surface area (Å²) in [6.07, 6.45) is 3.77. The van der Waals surface area contributed by atoms with E-state index in [4.69, 9.17) is 8.83 Å². The van der Waals surface area contributed by atoms with E-state index in [1.54, 1.807) is 12.1 Å². The predicted molar refractivity (Wildman–Crippen MR) is 64.2 cm³/mol. The lowest BCUT2D eigenvalue weighted by Crippen LogP contribution is -2.32. The van der Waals surface area contributed by atoms with Crippen LogP contribution in [0.25, 0.3) is 11.7 Å². The van der Waals surface area contributed by atoms with Crippen LogP contribution < -0.4 is 11.1 Å². The Morgan fingerprint density at radius 2 is 2.37 bits per heavy atom. The molecular weight excluding hydrogens is 250 g/mol. The van der Waals surface area contributed by atoms with Crippen LogP contribution in [0.3, 0.4) is 0 Å². The fourth-order valence-corrected chi connectivity index (χ4v) is 1.68. The zero-order chi connectivity index (χ0) is 13.2. The van der Waals surface area contributed by atoms with Crippen molar-refractivity contribution in [1.82, 2.24) is 15.1 Å². The Balaban J connectivity index is 1.67. The smallest absolute Gasteiger partial charge is 0.437 e. The third-order valence-corrected chi connectivity index (χ3v) is 2.92. The number of hydrogen-bond acceptors (Lipinski definition) is 5. The topological polar surface area (TPSA) is 90.3 Å². The Morgan fingerprint density at radius 3 is 3.05 bits per heavy atom. The zero-order valence-electron chi connectivity index (χ0n) is 10.2. The van der Waals surface area contributed by atoms with E-state index in [1.807, 2.05) is 0 Å². The standard InChI is InChI=1S/C12H13N3O4/c16-10(13-6-8-3-4-8)7-15-12(17)19-11(14-15)9-2-1-5-18-9/h1-2,5,8H,3-4,6-7H2,(H,13,16). The normalized spacial score (nSPS) is 14.5. The van der Waals surface area contributed by atoms with E-state index in [2.05, 4.69) is 10.4 Å². The maximum absolute atomic E-state index is 11.6. The number of aromatic nitrogens is 2. The summed E-state index contributed by atoms with van der Waals surface area (Å²) in [6, 6.07) is 3.29. The summed E-state index contributed by atoms with van der Waals surface area (Å²) in [5, 5.41) is 6.68. The Hall–Kier alpha value is -2.31. The van der Waals surface area contributed by atoms with Crippen LogP contribution in [0.4, 0.5) is 0 Å². The summed E-state index contributed by atoms with van der Waals surface area (Å²) in [7, 11) is 0. The molecule has 0 atom stereocenters. The van der Waals surface area contributed by atoms with Crippen LogP contribution in [-0.4, -0.2) is 22.2 Å². The molecule has 0 saturated heterocycles. The Labute approximate surface area is 108 Å². The molecule has 0 aliphatic heterocycles. The van der Waals surface area contributed by atoms with Crippen LogP contribution in [0.1, 0.15) is 12.8 Å². The summed E-state index contributed by atoms with van der Waals surface area (Å²) in [6.45, 7) is 0.520. The third kappa shape index (κ3) is 2.75. The van der Waals surface area contributed by atoms with Crippen molar-refractivity contribution in [2.75, 3.05) is 6.54 Å². The molecule has 0 spiro atoms. The fourth-order valence-electron chi connectivity index (χ4n) is 1.68. The number of rotatable bonds is 5. The lowest BCUT2D eigenvalue weighted by Gasteiger charge is -2.01. The van der Waals surface area contributed by atoms with Gasteiger partial charge in [0, 0.05) is 6.54 Å². The first-order valence-corrected chi connectivity index (χ1v) is 6.11. The zero-order valence-corrected chi connectivity index (χ0v) is 10.2. The maximum atomic E-state index is 11.6. The number of hydrogen-bond donors (Lipinski definition) is 1. The molecule has 100 valence electrons. The fraction of sp³-hybridized carbons (Fsp3) is 0.417. The molecule has 2 aromatic heterocycles. The van der Waals surface area contributed by atoms with Gasteiger partial charge < -0.3 is 14.2 Å². The Kier molecular flexibility index (Phi) is 2.94. The molecule has 0 unspecified atom stereocenters. The van der Waals surface area contributed by atoms with Crippen molar-refractivity contribution in [2.45, 2.75) is 19.4 Å². The molecule has 0 radical (unpaired) electrons. The number of carbonyl (C=O) groups is 1. The van der Waals surface area contributed by atoms with Gasteiger partial charge in [-0.2, -0.15) is 4.68 Å². The molecule has 0 bridgehead atoms. The highest BCUT2D eigenvalue weighted by Gasteiger charge is 2.22. The number of amides is 1. The van der Waals surface area contributed by atoms with Gasteiger partial charge in [0.15, 0.2) is 5.76 Å². The molecule has 3 rings (SSSR count). The van der Waals surface area contributed by atoms with Crippen LogP contribution in [0.15, 0.2) is 32.0 Å². The van der Waals surface area contributed by atoms with Crippen molar-refractivity contribution in [3.05, 3.63) is 28.9 Å². The van der Waals surface area contributed by atoms with Gasteiger partial charge >= 0.3 is 5.76 Å². The van der Waals surface area contributed by atoms with Gasteiger partial charge in [0.25, 0.3) is 5.89 Å². The van der Waals surface area contributed by atoms with Crippen molar-refractivity contribution in [3.63, 3.8) is 0 Å². The number of nitrogens with one attached hydrogen (secondary N) is 1. The van der Waals surface area contributed by atoms with Crippen LogP contribution in [0.5, 0.6) is 0 Å². The number of carbonyl (C=O) groups excluding carboxylic acids is 1. The lowest BCUT2D eigenvalue weighted by molar-refractivity contribution is -0.122. The minimum absolute atomic E-state index is 0.0741. The maximum Gasteiger partial charge on any atom is 0.437 e. The number of nitrogens with zero attached hydrogens (tertiary/aromatic N) is 2. The van der Waals surface area contributed by atoms with Gasteiger partial charge in [-0.15, -0.1) is 5.10 Å². The molecule has 2 aromatic rings. The van der Waals surface area contributed by atoms with E-state index in [0.29, 0.717) is 18.2 Å². The SMILES string of the molecule is O=C(Cn1nc(-c2ccco2)oc1=O)NCC1CC1. The van der Waals surface area contributed by atoms with Gasteiger partial charge in [-0.3, -0.25) is 4.79 Å². The minimum atomic E-state index is -0.673. The quantitative estimate of drug-likeness (QED) is 0.854. The summed E-state index contributed by atoms with van der Waals surface area (Å²) in [5.41, 5.74) is 0. The third-order valence-electron chi connectivity index (χ3n) is 2.92. The Bertz CT molecular complexity index is 622. The van der Waals surface area contributed by atoms with Gasteiger partial charge in [-0.1, -0.05) is 0 Å². The van der Waals surface area contributed by atoms with Crippen LogP contribution in [0.2, 0.25) is 0 Å². The van der Waals surface area contributed by atoms with E-state index in [1.165, 1.54) is 6.26 Å². The predicted octanol–water partition coefficient (Wildman–Crippen LogP) is 0.622. The monoisotopic (exact) mass is 263 g/mol. The first kappa shape index (κ1) is 11.8. The second-order valence-electron chi connectivity index (χ2n) is 4.56. The molecule has 1 fully saturated rings. The summed E-state index contributed by atoms with van der Waals surface area (Å²) in [4.78, 5) is 23.2. The largest absolute Gasteiger partial charge is 0.459 e. The molecule has 19 heavy (non-hydrogen) atoms. The van der Waals surface area contributed by atoms with E-state index in [0.717, 1.165) is 17.5 Å². The van der Waals surface area contributed by atoms with Crippen LogP contribution in [-0.2, 0) is 11.3 Å². The van der Waals surface area contributed by atoms with Crippen LogP contribution >= 0.6 is 0 Å². The average molecular weight is 263 g/mol. The van der Waals surface area contributed by atoms with Gasteiger partial charge in [0.05, 0.1) is 6.26 Å². The second kappa shape index (κ2) is 4.75. The van der Waals surface area contributed by atoms with Crippen LogP contribution in [0, 0.1) is 5.92 Å².